The molecule has 0 spiro atoms. The van der Waals surface area contributed by atoms with Crippen LogP contribution in [0.3, 0.4) is 0 Å². The van der Waals surface area contributed by atoms with Crippen molar-refractivity contribution in [1.29, 1.82) is 0 Å². The number of primary amides is 3. The predicted molar refractivity (Wildman–Crippen MR) is 241 cm³/mol. The molecule has 10 amide bonds. The van der Waals surface area contributed by atoms with Crippen LogP contribution in [0.1, 0.15) is 83.7 Å². The van der Waals surface area contributed by atoms with Gasteiger partial charge in [0.05, 0.1) is 12.9 Å². The van der Waals surface area contributed by atoms with E-state index in [-0.39, 0.29) is 63.3 Å². The minimum Gasteiger partial charge on any atom is -0.481 e. The molecule has 0 saturated carbocycles. The standard InChI is InChI=1S/C40H66N16O13/c1-19(2)31(38(68)50-22(32(44)62)7-10-28(42)58)55-35(65)23(5-3-13-48-40(45)46)51-33(63)24(8-11-29(43)59)52-36(66)26(15-20-16-47-18-49-20)54-34(64)25(9-12-30(60)61)53-37(67)27-6-4-14-56(27)39(69)21(41)17-57/h16,18-19,21-27,31,57H,3-15,17,41H2,1-2H3,(H2,42,58)(H2,43,59)(H2,44,62)(H,47,49)(H,50,68)(H,51,63)(H,52,66)(H,53,67)(H,54,64)(H,55,65)(H,60,61)(H4,45,46,48)/t21-,22+,23-,24-,25-,26-,27-,31-/m0/s1. The molecule has 1 saturated heterocycles. The molecule has 1 aromatic rings. The molecule has 384 valence electrons. The fourth-order valence-corrected chi connectivity index (χ4v) is 6.99. The van der Waals surface area contributed by atoms with Gasteiger partial charge in [0.1, 0.15) is 48.3 Å². The number of aromatic nitrogens is 2. The van der Waals surface area contributed by atoms with Gasteiger partial charge in [-0.05, 0) is 50.9 Å². The smallest absolute Gasteiger partial charge is 0.303 e. The number of nitrogens with one attached hydrogen (secondary N) is 7. The zero-order chi connectivity index (χ0) is 52.0. The first kappa shape index (κ1) is 57.7. The molecule has 1 aliphatic rings. The molecule has 2 heterocycles. The fraction of sp³-hybridized carbons (Fsp3) is 0.625. The van der Waals surface area contributed by atoms with E-state index in [1.165, 1.54) is 12.5 Å². The van der Waals surface area contributed by atoms with Gasteiger partial charge < -0.3 is 86.4 Å². The van der Waals surface area contributed by atoms with Crippen LogP contribution in [0.2, 0.25) is 0 Å². The maximum atomic E-state index is 14.2. The zero-order valence-electron chi connectivity index (χ0n) is 38.4. The van der Waals surface area contributed by atoms with E-state index in [9.17, 15) is 63.0 Å². The number of likely N-dealkylation sites (tertiary alicyclic amines) is 1. The highest BCUT2D eigenvalue weighted by molar-refractivity contribution is 5.98. The summed E-state index contributed by atoms with van der Waals surface area (Å²) >= 11 is 0. The number of amides is 10. The van der Waals surface area contributed by atoms with Gasteiger partial charge in [0.15, 0.2) is 5.96 Å². The number of rotatable bonds is 31. The normalized spacial score (nSPS) is 16.2. The van der Waals surface area contributed by atoms with E-state index in [4.69, 9.17) is 34.4 Å². The molecule has 0 aliphatic carbocycles. The first-order chi connectivity index (χ1) is 32.4. The van der Waals surface area contributed by atoms with Crippen LogP contribution in [0.25, 0.3) is 0 Å². The van der Waals surface area contributed by atoms with E-state index < -0.39 is 152 Å². The lowest BCUT2D eigenvalue weighted by atomic mass is 10.0. The maximum absolute atomic E-state index is 14.2. The van der Waals surface area contributed by atoms with Crippen molar-refractivity contribution < 1.29 is 63.0 Å². The molecule has 0 bridgehead atoms. The number of imidazole rings is 1. The van der Waals surface area contributed by atoms with Crippen LogP contribution in [0.4, 0.5) is 0 Å². The van der Waals surface area contributed by atoms with Gasteiger partial charge >= 0.3 is 5.97 Å². The first-order valence-electron chi connectivity index (χ1n) is 22.0. The molecule has 1 aromatic heterocycles. The first-order valence-corrected chi connectivity index (χ1v) is 22.0. The third kappa shape index (κ3) is 20.1. The summed E-state index contributed by atoms with van der Waals surface area (Å²) in [4.78, 5) is 155. The lowest BCUT2D eigenvalue weighted by molar-refractivity contribution is -0.141. The molecule has 29 heteroatoms. The highest BCUT2D eigenvalue weighted by Gasteiger charge is 2.39. The lowest BCUT2D eigenvalue weighted by Gasteiger charge is -2.29. The summed E-state index contributed by atoms with van der Waals surface area (Å²) in [6, 6.07) is -11.4. The van der Waals surface area contributed by atoms with E-state index in [0.29, 0.717) is 6.42 Å². The summed E-state index contributed by atoms with van der Waals surface area (Å²) in [5, 5.41) is 33.7. The van der Waals surface area contributed by atoms with Gasteiger partial charge in [-0.15, -0.1) is 0 Å². The average Bonchev–Trinajstić information content (AvgIpc) is 3.99. The Hall–Kier alpha value is -7.43. The van der Waals surface area contributed by atoms with Crippen molar-refractivity contribution in [3.63, 3.8) is 0 Å². The second-order valence-electron chi connectivity index (χ2n) is 16.6. The molecule has 21 N–H and O–H groups in total. The van der Waals surface area contributed by atoms with Crippen molar-refractivity contribution in [3.05, 3.63) is 18.2 Å². The second-order valence-corrected chi connectivity index (χ2v) is 16.6. The van der Waals surface area contributed by atoms with Crippen molar-refractivity contribution in [2.24, 2.45) is 45.3 Å². The Kier molecular flexibility index (Phi) is 24.0. The molecule has 2 rings (SSSR count). The molecule has 29 nitrogen and oxygen atoms in total. The zero-order valence-corrected chi connectivity index (χ0v) is 38.4. The van der Waals surface area contributed by atoms with Gasteiger partial charge in [-0.3, -0.25) is 57.7 Å². The number of nitrogens with two attached hydrogens (primary N) is 6. The number of carboxylic acid groups (broad SMARTS) is 1. The van der Waals surface area contributed by atoms with Gasteiger partial charge in [-0.25, -0.2) is 4.98 Å². The molecular weight excluding hydrogens is 913 g/mol. The minimum absolute atomic E-state index is 0.0180. The molecule has 1 fully saturated rings. The number of nitrogens with zero attached hydrogens (tertiary/aromatic N) is 3. The van der Waals surface area contributed by atoms with Gasteiger partial charge in [-0.2, -0.15) is 0 Å². The minimum atomic E-state index is -1.64. The number of hydrogen-bond donors (Lipinski definition) is 15. The van der Waals surface area contributed by atoms with Crippen molar-refractivity contribution in [2.75, 3.05) is 19.7 Å². The number of H-pyrrole nitrogens is 1. The number of aliphatic hydroxyl groups excluding tert-OH is 1. The Morgan fingerprint density at radius 3 is 1.78 bits per heavy atom. The Labute approximate surface area is 396 Å². The van der Waals surface area contributed by atoms with Crippen LogP contribution in [0.5, 0.6) is 0 Å². The van der Waals surface area contributed by atoms with Crippen LogP contribution in [0, 0.1) is 5.92 Å². The molecule has 0 radical (unpaired) electrons. The largest absolute Gasteiger partial charge is 0.481 e. The summed E-state index contributed by atoms with van der Waals surface area (Å²) in [6.45, 7) is 2.54. The topological polar surface area (TPSA) is 501 Å². The van der Waals surface area contributed by atoms with Gasteiger partial charge in [0.25, 0.3) is 0 Å². The highest BCUT2D eigenvalue weighted by Crippen LogP contribution is 2.19. The molecule has 1 aliphatic heterocycles. The molecule has 0 unspecified atom stereocenters. The van der Waals surface area contributed by atoms with Crippen molar-refractivity contribution >= 4 is 71.0 Å². The number of carbonyl (C=O) groups is 11. The van der Waals surface area contributed by atoms with Crippen molar-refractivity contribution in [1.82, 2.24) is 46.8 Å². The number of aromatic amines is 1. The Morgan fingerprint density at radius 1 is 0.739 bits per heavy atom. The lowest BCUT2D eigenvalue weighted by Crippen LogP contribution is -2.61. The summed E-state index contributed by atoms with van der Waals surface area (Å²) in [5.74, 6) is -11.3. The number of guanidine groups is 1. The summed E-state index contributed by atoms with van der Waals surface area (Å²) in [7, 11) is 0. The number of aliphatic imine (C=N–C) groups is 1. The SMILES string of the molecule is CC(C)[C@H](NC(=O)[C@H](CCCN=C(N)N)NC(=O)[C@H](CCC(N)=O)NC(=O)[C@H](Cc1cnc[nH]1)NC(=O)[C@H](CCC(=O)O)NC(=O)[C@@H]1CCCN1C(=O)[C@@H](N)CO)C(=O)N[C@H](CCC(N)=O)C(N)=O. The fourth-order valence-electron chi connectivity index (χ4n) is 6.99. The molecule has 0 aromatic carbocycles. The van der Waals surface area contributed by atoms with E-state index in [0.717, 1.165) is 4.90 Å². The van der Waals surface area contributed by atoms with Crippen molar-refractivity contribution in [3.8, 4) is 0 Å². The third-order valence-corrected chi connectivity index (χ3v) is 10.7. The average molecular weight is 979 g/mol. The Bertz CT molecular complexity index is 2010. The summed E-state index contributed by atoms with van der Waals surface area (Å²) in [5.41, 5.74) is 32.9. The Balaban J connectivity index is 2.46. The molecular formula is C40H66N16O13. The van der Waals surface area contributed by atoms with E-state index in [2.05, 4.69) is 46.9 Å². The molecule has 8 atom stereocenters. The van der Waals surface area contributed by atoms with Gasteiger partial charge in [0, 0.05) is 50.7 Å². The second kappa shape index (κ2) is 28.7. The van der Waals surface area contributed by atoms with E-state index in [1.54, 1.807) is 13.8 Å². The Morgan fingerprint density at radius 2 is 1.26 bits per heavy atom. The third-order valence-electron chi connectivity index (χ3n) is 10.7. The predicted octanol–water partition coefficient (Wildman–Crippen LogP) is -7.24. The van der Waals surface area contributed by atoms with Crippen LogP contribution < -0.4 is 66.3 Å². The number of carboxylic acids is 1. The summed E-state index contributed by atoms with van der Waals surface area (Å²) < 4.78 is 0. The van der Waals surface area contributed by atoms with Crippen LogP contribution in [0.15, 0.2) is 17.5 Å². The number of carbonyl (C=O) groups excluding carboxylic acids is 10. The van der Waals surface area contributed by atoms with E-state index in [1.807, 2.05) is 0 Å². The highest BCUT2D eigenvalue weighted by atomic mass is 16.4. The van der Waals surface area contributed by atoms with Crippen LogP contribution in [-0.4, -0.2) is 164 Å². The number of hydrogen-bond acceptors (Lipinski definition) is 15. The maximum Gasteiger partial charge on any atom is 0.303 e. The van der Waals surface area contributed by atoms with Crippen molar-refractivity contribution in [2.45, 2.75) is 133 Å². The quantitative estimate of drug-likeness (QED) is 0.0187. The number of aliphatic hydroxyl groups is 1. The number of aliphatic carboxylic acids is 1. The van der Waals surface area contributed by atoms with Crippen LogP contribution >= 0.6 is 0 Å². The van der Waals surface area contributed by atoms with Gasteiger partial charge in [-0.1, -0.05) is 13.8 Å². The van der Waals surface area contributed by atoms with Gasteiger partial charge in [0.2, 0.25) is 59.1 Å². The van der Waals surface area contributed by atoms with Crippen LogP contribution in [-0.2, 0) is 59.2 Å². The summed E-state index contributed by atoms with van der Waals surface area (Å²) in [6.07, 6.45) is 0.192. The molecule has 69 heavy (non-hydrogen) atoms. The van der Waals surface area contributed by atoms with E-state index >= 15 is 0 Å². The monoisotopic (exact) mass is 978 g/mol.